The lowest BCUT2D eigenvalue weighted by Gasteiger charge is -2.40. The zero-order valence-electron chi connectivity index (χ0n) is 11.1. The van der Waals surface area contributed by atoms with Gasteiger partial charge in [-0.25, -0.2) is 4.39 Å². The third kappa shape index (κ3) is 3.12. The summed E-state index contributed by atoms with van der Waals surface area (Å²) in [4.78, 5) is 2.14. The third-order valence-electron chi connectivity index (χ3n) is 3.93. The first-order valence-electron chi connectivity index (χ1n) is 6.71. The van der Waals surface area contributed by atoms with E-state index in [1.807, 2.05) is 6.07 Å². The van der Waals surface area contributed by atoms with E-state index in [-0.39, 0.29) is 18.5 Å². The fourth-order valence-corrected chi connectivity index (χ4v) is 2.78. The Morgan fingerprint density at radius 1 is 1.47 bits per heavy atom. The van der Waals surface area contributed by atoms with Gasteiger partial charge in [-0.05, 0) is 38.0 Å². The minimum absolute atomic E-state index is 0.0916. The van der Waals surface area contributed by atoms with Crippen LogP contribution in [0.5, 0.6) is 0 Å². The van der Waals surface area contributed by atoms with E-state index in [1.165, 1.54) is 12.1 Å². The van der Waals surface area contributed by atoms with Gasteiger partial charge in [0, 0.05) is 24.2 Å². The topological polar surface area (TPSA) is 47.3 Å². The molecule has 0 bridgehead atoms. The van der Waals surface area contributed by atoms with Gasteiger partial charge in [-0.15, -0.1) is 0 Å². The molecule has 102 valence electrons. The molecule has 0 aromatic heterocycles. The van der Waals surface area contributed by atoms with Crippen LogP contribution in [0.4, 0.5) is 4.39 Å². The van der Waals surface area contributed by atoms with Gasteiger partial charge >= 0.3 is 0 Å². The summed E-state index contributed by atoms with van der Waals surface area (Å²) in [6.45, 7) is 2.66. The monoisotopic (exact) mass is 262 g/mol. The molecule has 19 heavy (non-hydrogen) atoms. The molecule has 1 N–H and O–H groups in total. The Bertz CT molecular complexity index is 484. The lowest BCUT2D eigenvalue weighted by atomic mass is 9.96. The minimum atomic E-state index is -0.284. The fraction of sp³-hybridized carbons (Fsp3) is 0.533. The summed E-state index contributed by atoms with van der Waals surface area (Å²) in [6, 6.07) is 6.89. The molecular weight excluding hydrogens is 243 g/mol. The maximum atomic E-state index is 13.8. The van der Waals surface area contributed by atoms with Crippen LogP contribution < -0.4 is 0 Å². The molecule has 0 saturated carbocycles. The number of aliphatic hydroxyl groups excluding tert-OH is 1. The van der Waals surface area contributed by atoms with Crippen molar-refractivity contribution in [3.63, 3.8) is 0 Å². The number of rotatable bonds is 3. The standard InChI is InChI=1S/C15H19FN2O/c1-11-3-2-4-14(10-19)18(11)9-13-7-12(8-17)5-6-15(13)16/h5-7,11,14,19H,2-4,9-10H2,1H3. The van der Waals surface area contributed by atoms with Crippen LogP contribution in [-0.4, -0.2) is 28.7 Å². The Morgan fingerprint density at radius 2 is 2.26 bits per heavy atom. The van der Waals surface area contributed by atoms with Crippen molar-refractivity contribution >= 4 is 0 Å². The molecule has 0 amide bonds. The quantitative estimate of drug-likeness (QED) is 0.910. The molecule has 2 atom stereocenters. The molecule has 1 saturated heterocycles. The highest BCUT2D eigenvalue weighted by atomic mass is 19.1. The minimum Gasteiger partial charge on any atom is -0.395 e. The zero-order valence-corrected chi connectivity index (χ0v) is 11.1. The molecule has 1 aromatic rings. The number of nitrogens with zero attached hydrogens (tertiary/aromatic N) is 2. The molecule has 1 aliphatic rings. The largest absolute Gasteiger partial charge is 0.395 e. The Hall–Kier alpha value is -1.44. The van der Waals surface area contributed by atoms with Crippen molar-refractivity contribution in [1.82, 2.24) is 4.90 Å². The number of hydrogen-bond acceptors (Lipinski definition) is 3. The second-order valence-electron chi connectivity index (χ2n) is 5.21. The van der Waals surface area contributed by atoms with Crippen LogP contribution >= 0.6 is 0 Å². The van der Waals surface area contributed by atoms with Crippen LogP contribution in [0.2, 0.25) is 0 Å². The van der Waals surface area contributed by atoms with E-state index < -0.39 is 0 Å². The van der Waals surface area contributed by atoms with Gasteiger partial charge in [0.15, 0.2) is 0 Å². The molecule has 0 aliphatic carbocycles. The predicted octanol–water partition coefficient (Wildman–Crippen LogP) is 2.43. The van der Waals surface area contributed by atoms with Gasteiger partial charge in [-0.1, -0.05) is 6.42 Å². The van der Waals surface area contributed by atoms with Crippen LogP contribution in [0.3, 0.4) is 0 Å². The van der Waals surface area contributed by atoms with Gasteiger partial charge in [0.1, 0.15) is 5.82 Å². The third-order valence-corrected chi connectivity index (χ3v) is 3.93. The van der Waals surface area contributed by atoms with E-state index in [4.69, 9.17) is 5.26 Å². The summed E-state index contributed by atoms with van der Waals surface area (Å²) in [5.41, 5.74) is 1.01. The smallest absolute Gasteiger partial charge is 0.127 e. The number of halogens is 1. The van der Waals surface area contributed by atoms with Gasteiger partial charge in [-0.3, -0.25) is 4.90 Å². The molecule has 1 heterocycles. The molecule has 3 nitrogen and oxygen atoms in total. The number of benzene rings is 1. The van der Waals surface area contributed by atoms with Crippen LogP contribution in [0.1, 0.15) is 37.3 Å². The van der Waals surface area contributed by atoms with Gasteiger partial charge in [-0.2, -0.15) is 5.26 Å². The van der Waals surface area contributed by atoms with Crippen LogP contribution in [0.15, 0.2) is 18.2 Å². The highest BCUT2D eigenvalue weighted by Gasteiger charge is 2.27. The Labute approximate surface area is 113 Å². The molecule has 0 spiro atoms. The van der Waals surface area contributed by atoms with Crippen LogP contribution in [0.25, 0.3) is 0 Å². The summed E-state index contributed by atoms with van der Waals surface area (Å²) in [6.07, 6.45) is 3.11. The zero-order chi connectivity index (χ0) is 13.8. The average Bonchev–Trinajstić information content (AvgIpc) is 2.43. The van der Waals surface area contributed by atoms with Gasteiger partial charge in [0.25, 0.3) is 0 Å². The van der Waals surface area contributed by atoms with Crippen molar-refractivity contribution in [1.29, 1.82) is 5.26 Å². The van der Waals surface area contributed by atoms with Crippen molar-refractivity contribution in [2.24, 2.45) is 0 Å². The Balaban J connectivity index is 2.21. The van der Waals surface area contributed by atoms with Crippen molar-refractivity contribution < 1.29 is 9.50 Å². The van der Waals surface area contributed by atoms with Gasteiger partial charge in [0.05, 0.1) is 18.2 Å². The number of aliphatic hydroxyl groups is 1. The summed E-state index contributed by atoms with van der Waals surface area (Å²) >= 11 is 0. The van der Waals surface area contributed by atoms with Crippen molar-refractivity contribution in [3.05, 3.63) is 35.1 Å². The van der Waals surface area contributed by atoms with Crippen LogP contribution in [0, 0.1) is 17.1 Å². The van der Waals surface area contributed by atoms with Crippen LogP contribution in [-0.2, 0) is 6.54 Å². The number of hydrogen-bond donors (Lipinski definition) is 1. The number of likely N-dealkylation sites (tertiary alicyclic amines) is 1. The Kier molecular flexibility index (Phi) is 4.52. The molecule has 1 fully saturated rings. The predicted molar refractivity (Wildman–Crippen MR) is 70.8 cm³/mol. The summed E-state index contributed by atoms with van der Waals surface area (Å²) in [5.74, 6) is -0.284. The highest BCUT2D eigenvalue weighted by Crippen LogP contribution is 2.25. The average molecular weight is 262 g/mol. The molecule has 0 radical (unpaired) electrons. The molecule has 2 rings (SSSR count). The summed E-state index contributed by atoms with van der Waals surface area (Å²) < 4.78 is 13.8. The Morgan fingerprint density at radius 3 is 2.95 bits per heavy atom. The lowest BCUT2D eigenvalue weighted by molar-refractivity contribution is 0.0443. The van der Waals surface area contributed by atoms with Crippen molar-refractivity contribution in [2.75, 3.05) is 6.61 Å². The lowest BCUT2D eigenvalue weighted by Crippen LogP contribution is -2.46. The SMILES string of the molecule is CC1CCCC(CO)N1Cc1cc(C#N)ccc1F. The van der Waals surface area contributed by atoms with Gasteiger partial charge in [0.2, 0.25) is 0 Å². The molecule has 1 aromatic carbocycles. The first kappa shape index (κ1) is 14.0. The van der Waals surface area contributed by atoms with E-state index in [0.29, 0.717) is 23.7 Å². The fourth-order valence-electron chi connectivity index (χ4n) is 2.78. The van der Waals surface area contributed by atoms with E-state index in [2.05, 4.69) is 11.8 Å². The summed E-state index contributed by atoms with van der Waals surface area (Å²) in [5, 5.41) is 18.3. The second kappa shape index (κ2) is 6.14. The van der Waals surface area contributed by atoms with Crippen molar-refractivity contribution in [3.8, 4) is 6.07 Å². The van der Waals surface area contributed by atoms with E-state index >= 15 is 0 Å². The van der Waals surface area contributed by atoms with E-state index in [1.54, 1.807) is 6.07 Å². The van der Waals surface area contributed by atoms with Gasteiger partial charge < -0.3 is 5.11 Å². The van der Waals surface area contributed by atoms with Crippen molar-refractivity contribution in [2.45, 2.75) is 44.8 Å². The molecular formula is C15H19FN2O. The summed E-state index contributed by atoms with van der Waals surface area (Å²) in [7, 11) is 0. The molecule has 1 aliphatic heterocycles. The van der Waals surface area contributed by atoms with E-state index in [9.17, 15) is 9.50 Å². The first-order chi connectivity index (χ1) is 9.15. The number of nitriles is 1. The number of piperidine rings is 1. The first-order valence-corrected chi connectivity index (χ1v) is 6.71. The maximum absolute atomic E-state index is 13.8. The second-order valence-corrected chi connectivity index (χ2v) is 5.21. The molecule has 2 unspecified atom stereocenters. The maximum Gasteiger partial charge on any atom is 0.127 e. The molecule has 4 heteroatoms. The van der Waals surface area contributed by atoms with E-state index in [0.717, 1.165) is 19.3 Å². The normalized spacial score (nSPS) is 24.1. The highest BCUT2D eigenvalue weighted by molar-refractivity contribution is 5.33.